The summed E-state index contributed by atoms with van der Waals surface area (Å²) in [7, 11) is 3.48. The van der Waals surface area contributed by atoms with E-state index in [1.807, 2.05) is 12.1 Å². The van der Waals surface area contributed by atoms with E-state index in [1.54, 1.807) is 14.2 Å². The normalized spacial score (nSPS) is 23.2. The molecule has 1 aliphatic rings. The van der Waals surface area contributed by atoms with Crippen LogP contribution in [0.4, 0.5) is 0 Å². The Morgan fingerprint density at radius 2 is 2.00 bits per heavy atom. The lowest BCUT2D eigenvalue weighted by Gasteiger charge is -2.37. The molecule has 0 aliphatic heterocycles. The van der Waals surface area contributed by atoms with E-state index in [-0.39, 0.29) is 0 Å². The fourth-order valence-electron chi connectivity index (χ4n) is 2.41. The largest absolute Gasteiger partial charge is 0.496 e. The highest BCUT2D eigenvalue weighted by Gasteiger charge is 2.31. The Labute approximate surface area is 103 Å². The first-order valence-corrected chi connectivity index (χ1v) is 6.20. The summed E-state index contributed by atoms with van der Waals surface area (Å²) in [5, 5.41) is 3.49. The number of methoxy groups -OCH3 is 2. The van der Waals surface area contributed by atoms with Crippen LogP contribution in [0.3, 0.4) is 0 Å². The highest BCUT2D eigenvalue weighted by Crippen LogP contribution is 2.40. The second-order valence-corrected chi connectivity index (χ2v) is 4.55. The zero-order valence-electron chi connectivity index (χ0n) is 10.6. The van der Waals surface area contributed by atoms with E-state index in [2.05, 4.69) is 17.4 Å². The van der Waals surface area contributed by atoms with Crippen LogP contribution in [0.2, 0.25) is 0 Å². The van der Waals surface area contributed by atoms with E-state index in [0.29, 0.717) is 12.0 Å². The van der Waals surface area contributed by atoms with Gasteiger partial charge in [-0.15, -0.1) is 0 Å². The summed E-state index contributed by atoms with van der Waals surface area (Å²) in [6.45, 7) is 1.73. The average molecular weight is 235 g/mol. The third-order valence-electron chi connectivity index (χ3n) is 3.46. The van der Waals surface area contributed by atoms with Gasteiger partial charge < -0.3 is 14.8 Å². The molecule has 0 aromatic heterocycles. The van der Waals surface area contributed by atoms with Crippen LogP contribution in [0.25, 0.3) is 0 Å². The Morgan fingerprint density at radius 3 is 2.71 bits per heavy atom. The smallest absolute Gasteiger partial charge is 0.122 e. The summed E-state index contributed by atoms with van der Waals surface area (Å²) in [5.41, 5.74) is 1.35. The van der Waals surface area contributed by atoms with Gasteiger partial charge in [0, 0.05) is 19.7 Å². The van der Waals surface area contributed by atoms with Crippen LogP contribution in [-0.4, -0.2) is 33.4 Å². The van der Waals surface area contributed by atoms with Gasteiger partial charge in [-0.2, -0.15) is 0 Å². The SMILES string of the molecule is COCCNC1CC(c2ccccc2OC)C1. The molecular weight excluding hydrogens is 214 g/mol. The number of rotatable bonds is 6. The molecule has 3 heteroatoms. The second kappa shape index (κ2) is 6.03. The maximum absolute atomic E-state index is 5.40. The van der Waals surface area contributed by atoms with Crippen LogP contribution >= 0.6 is 0 Å². The highest BCUT2D eigenvalue weighted by atomic mass is 16.5. The summed E-state index contributed by atoms with van der Waals surface area (Å²) >= 11 is 0. The van der Waals surface area contributed by atoms with Crippen molar-refractivity contribution in [3.8, 4) is 5.75 Å². The third-order valence-corrected chi connectivity index (χ3v) is 3.46. The molecule has 2 rings (SSSR count). The molecule has 1 fully saturated rings. The van der Waals surface area contributed by atoms with E-state index in [4.69, 9.17) is 9.47 Å². The van der Waals surface area contributed by atoms with Crippen LogP contribution in [0.1, 0.15) is 24.3 Å². The van der Waals surface area contributed by atoms with Crippen molar-refractivity contribution in [2.75, 3.05) is 27.4 Å². The minimum Gasteiger partial charge on any atom is -0.496 e. The molecule has 0 unspecified atom stereocenters. The molecule has 0 heterocycles. The van der Waals surface area contributed by atoms with Crippen molar-refractivity contribution in [3.63, 3.8) is 0 Å². The molecule has 0 bridgehead atoms. The van der Waals surface area contributed by atoms with Crippen molar-refractivity contribution < 1.29 is 9.47 Å². The lowest BCUT2D eigenvalue weighted by atomic mass is 9.75. The van der Waals surface area contributed by atoms with Gasteiger partial charge in [-0.1, -0.05) is 18.2 Å². The van der Waals surface area contributed by atoms with Crippen LogP contribution < -0.4 is 10.1 Å². The quantitative estimate of drug-likeness (QED) is 0.767. The Morgan fingerprint density at radius 1 is 1.24 bits per heavy atom. The summed E-state index contributed by atoms with van der Waals surface area (Å²) in [5.74, 6) is 1.67. The Kier molecular flexibility index (Phi) is 4.40. The molecule has 0 spiro atoms. The molecule has 1 aromatic carbocycles. The molecule has 3 nitrogen and oxygen atoms in total. The van der Waals surface area contributed by atoms with Crippen molar-refractivity contribution in [1.82, 2.24) is 5.32 Å². The summed E-state index contributed by atoms with van der Waals surface area (Å²) in [4.78, 5) is 0. The predicted molar refractivity (Wildman–Crippen MR) is 68.6 cm³/mol. The van der Waals surface area contributed by atoms with E-state index >= 15 is 0 Å². The van der Waals surface area contributed by atoms with Crippen molar-refractivity contribution in [1.29, 1.82) is 0 Å². The lowest BCUT2D eigenvalue weighted by Crippen LogP contribution is -2.41. The van der Waals surface area contributed by atoms with Gasteiger partial charge in [-0.3, -0.25) is 0 Å². The maximum Gasteiger partial charge on any atom is 0.122 e. The molecule has 0 atom stereocenters. The van der Waals surface area contributed by atoms with Crippen LogP contribution in [0, 0.1) is 0 Å². The van der Waals surface area contributed by atoms with E-state index in [0.717, 1.165) is 18.9 Å². The fourth-order valence-corrected chi connectivity index (χ4v) is 2.41. The lowest BCUT2D eigenvalue weighted by molar-refractivity contribution is 0.183. The second-order valence-electron chi connectivity index (χ2n) is 4.55. The van der Waals surface area contributed by atoms with Gasteiger partial charge in [0.1, 0.15) is 5.75 Å². The molecule has 0 amide bonds. The Bertz CT molecular complexity index is 348. The molecule has 1 N–H and O–H groups in total. The van der Waals surface area contributed by atoms with E-state index in [9.17, 15) is 0 Å². The third kappa shape index (κ3) is 2.99. The zero-order valence-corrected chi connectivity index (χ0v) is 10.6. The van der Waals surface area contributed by atoms with Crippen LogP contribution in [-0.2, 0) is 4.74 Å². The van der Waals surface area contributed by atoms with Gasteiger partial charge in [-0.05, 0) is 30.4 Å². The van der Waals surface area contributed by atoms with Gasteiger partial charge >= 0.3 is 0 Å². The number of para-hydroxylation sites is 1. The van der Waals surface area contributed by atoms with Crippen LogP contribution in [0.5, 0.6) is 5.75 Å². The number of hydrogen-bond donors (Lipinski definition) is 1. The zero-order chi connectivity index (χ0) is 12.1. The van der Waals surface area contributed by atoms with Gasteiger partial charge in [0.05, 0.1) is 13.7 Å². The first kappa shape index (κ1) is 12.4. The molecule has 1 aliphatic carbocycles. The van der Waals surface area contributed by atoms with Crippen molar-refractivity contribution in [3.05, 3.63) is 29.8 Å². The fraction of sp³-hybridized carbons (Fsp3) is 0.571. The Hall–Kier alpha value is -1.06. The highest BCUT2D eigenvalue weighted by molar-refractivity contribution is 5.37. The number of benzene rings is 1. The predicted octanol–water partition coefficient (Wildman–Crippen LogP) is 2.18. The molecule has 1 saturated carbocycles. The molecular formula is C14H21NO2. The maximum atomic E-state index is 5.40. The van der Waals surface area contributed by atoms with E-state index in [1.165, 1.54) is 18.4 Å². The number of ether oxygens (including phenoxy) is 2. The van der Waals surface area contributed by atoms with Gasteiger partial charge in [-0.25, -0.2) is 0 Å². The molecule has 1 aromatic rings. The number of hydrogen-bond acceptors (Lipinski definition) is 3. The van der Waals surface area contributed by atoms with Crippen molar-refractivity contribution >= 4 is 0 Å². The minimum atomic E-state index is 0.639. The molecule has 0 radical (unpaired) electrons. The molecule has 0 saturated heterocycles. The first-order chi connectivity index (χ1) is 8.35. The molecule has 17 heavy (non-hydrogen) atoms. The van der Waals surface area contributed by atoms with Gasteiger partial charge in [0.25, 0.3) is 0 Å². The molecule has 94 valence electrons. The number of nitrogens with one attached hydrogen (secondary N) is 1. The average Bonchev–Trinajstić information content (AvgIpc) is 2.32. The van der Waals surface area contributed by atoms with Crippen molar-refractivity contribution in [2.45, 2.75) is 24.8 Å². The first-order valence-electron chi connectivity index (χ1n) is 6.20. The topological polar surface area (TPSA) is 30.5 Å². The monoisotopic (exact) mass is 235 g/mol. The van der Waals surface area contributed by atoms with Gasteiger partial charge in [0.15, 0.2) is 0 Å². The van der Waals surface area contributed by atoms with E-state index < -0.39 is 0 Å². The summed E-state index contributed by atoms with van der Waals surface area (Å²) < 4.78 is 10.4. The van der Waals surface area contributed by atoms with Crippen LogP contribution in [0.15, 0.2) is 24.3 Å². The summed E-state index contributed by atoms with van der Waals surface area (Å²) in [6.07, 6.45) is 2.40. The minimum absolute atomic E-state index is 0.639. The standard InChI is InChI=1S/C14H21NO2/c1-16-8-7-15-12-9-11(10-12)13-5-3-4-6-14(13)17-2/h3-6,11-12,15H,7-10H2,1-2H3. The van der Waals surface area contributed by atoms with Gasteiger partial charge in [0.2, 0.25) is 0 Å². The Balaban J connectivity index is 1.82. The summed E-state index contributed by atoms with van der Waals surface area (Å²) in [6, 6.07) is 8.97. The van der Waals surface area contributed by atoms with Crippen molar-refractivity contribution in [2.24, 2.45) is 0 Å².